The molecule has 1 unspecified atom stereocenters. The number of hydrogen-bond acceptors (Lipinski definition) is 9. The summed E-state index contributed by atoms with van der Waals surface area (Å²) in [5.74, 6) is -0.257. The maximum atomic E-state index is 13.9. The molecular formula is C38H47ClN6O7. The van der Waals surface area contributed by atoms with Crippen molar-refractivity contribution in [1.82, 2.24) is 15.2 Å². The number of alkyl carbamates (subject to hydrolysis) is 1. The third-order valence-corrected chi connectivity index (χ3v) is 8.48. The molecule has 4 amide bonds. The van der Waals surface area contributed by atoms with Gasteiger partial charge in [0.25, 0.3) is 11.8 Å². The van der Waals surface area contributed by atoms with E-state index in [0.29, 0.717) is 67.7 Å². The Bertz CT molecular complexity index is 1760. The van der Waals surface area contributed by atoms with E-state index in [0.717, 1.165) is 5.69 Å². The van der Waals surface area contributed by atoms with Crippen molar-refractivity contribution < 1.29 is 33.4 Å². The number of anilines is 3. The first-order valence-electron chi connectivity index (χ1n) is 17.4. The summed E-state index contributed by atoms with van der Waals surface area (Å²) in [6.45, 7) is 13.1. The van der Waals surface area contributed by atoms with Gasteiger partial charge in [0, 0.05) is 57.0 Å². The second-order valence-corrected chi connectivity index (χ2v) is 15.3. The minimum absolute atomic E-state index is 0.120. The second-order valence-electron chi connectivity index (χ2n) is 14.9. The molecule has 1 atom stereocenters. The van der Waals surface area contributed by atoms with Crippen LogP contribution >= 0.6 is 11.6 Å². The summed E-state index contributed by atoms with van der Waals surface area (Å²) in [5, 5.41) is 9.01. The molecule has 13 nitrogen and oxygen atoms in total. The average molecular weight is 735 g/mol. The number of amides is 4. The number of nitrogens with zero attached hydrogens (tertiary/aromatic N) is 3. The zero-order valence-corrected chi connectivity index (χ0v) is 31.2. The van der Waals surface area contributed by atoms with Crippen molar-refractivity contribution in [1.29, 1.82) is 0 Å². The van der Waals surface area contributed by atoms with Crippen LogP contribution in [0.5, 0.6) is 5.75 Å². The molecule has 52 heavy (non-hydrogen) atoms. The number of carbonyl (C=O) groups is 4. The zero-order valence-electron chi connectivity index (χ0n) is 30.5. The second kappa shape index (κ2) is 16.1. The molecule has 0 spiro atoms. The number of halogens is 1. The Hall–Kier alpha value is -5.04. The number of likely N-dealkylation sites (tertiary alicyclic amines) is 1. The van der Waals surface area contributed by atoms with Gasteiger partial charge in [0.1, 0.15) is 28.9 Å². The number of pyridine rings is 1. The summed E-state index contributed by atoms with van der Waals surface area (Å²) in [4.78, 5) is 60.2. The Kier molecular flexibility index (Phi) is 11.8. The van der Waals surface area contributed by atoms with Crippen molar-refractivity contribution >= 4 is 52.8 Å². The van der Waals surface area contributed by atoms with Crippen LogP contribution in [-0.2, 0) is 9.47 Å². The van der Waals surface area contributed by atoms with Crippen molar-refractivity contribution in [2.24, 2.45) is 0 Å². The first-order valence-corrected chi connectivity index (χ1v) is 17.8. The number of rotatable bonds is 8. The summed E-state index contributed by atoms with van der Waals surface area (Å²) in [7, 11) is 0. The maximum Gasteiger partial charge on any atom is 0.410 e. The quantitative estimate of drug-likeness (QED) is 0.220. The Labute approximate surface area is 309 Å². The van der Waals surface area contributed by atoms with E-state index in [9.17, 15) is 19.2 Å². The van der Waals surface area contributed by atoms with Gasteiger partial charge >= 0.3 is 12.2 Å². The van der Waals surface area contributed by atoms with E-state index < -0.39 is 29.1 Å². The van der Waals surface area contributed by atoms with E-state index >= 15 is 0 Å². The third-order valence-electron chi connectivity index (χ3n) is 8.26. The van der Waals surface area contributed by atoms with Crippen LogP contribution in [0.2, 0.25) is 5.02 Å². The van der Waals surface area contributed by atoms with Gasteiger partial charge in [-0.3, -0.25) is 9.59 Å². The Balaban J connectivity index is 1.34. The van der Waals surface area contributed by atoms with Gasteiger partial charge in [-0.05, 0) is 84.4 Å². The summed E-state index contributed by atoms with van der Waals surface area (Å²) in [6.07, 6.45) is 2.11. The highest BCUT2D eigenvalue weighted by Gasteiger charge is 2.31. The maximum absolute atomic E-state index is 13.9. The Morgan fingerprint density at radius 1 is 0.808 bits per heavy atom. The van der Waals surface area contributed by atoms with E-state index in [2.05, 4.69) is 25.8 Å². The van der Waals surface area contributed by atoms with Crippen molar-refractivity contribution in [3.8, 4) is 5.75 Å². The fourth-order valence-corrected chi connectivity index (χ4v) is 5.97. The molecule has 3 N–H and O–H groups in total. The van der Waals surface area contributed by atoms with Crippen LogP contribution < -0.4 is 25.6 Å². The van der Waals surface area contributed by atoms with E-state index in [1.165, 1.54) is 6.20 Å². The van der Waals surface area contributed by atoms with Gasteiger partial charge in [-0.15, -0.1) is 0 Å². The SMILES string of the molecule is CC(C)(C)OC(=O)NC1CCN(c2ccc(C(=O)Nc3ccccc3C(=O)Nc3ccc(Cl)cn3)c(OC3CCN(C(=O)OC(C)(C)C)CC3)c2)C1. The van der Waals surface area contributed by atoms with Crippen LogP contribution in [0.25, 0.3) is 0 Å². The molecule has 14 heteroatoms. The number of piperidine rings is 1. The van der Waals surface area contributed by atoms with Gasteiger partial charge in [0.05, 0.1) is 27.9 Å². The number of ether oxygens (including phenoxy) is 3. The molecule has 3 heterocycles. The van der Waals surface area contributed by atoms with Crippen LogP contribution in [0.1, 0.15) is 81.5 Å². The third kappa shape index (κ3) is 10.7. The fourth-order valence-electron chi connectivity index (χ4n) is 5.86. The number of hydrogen-bond donors (Lipinski definition) is 3. The highest BCUT2D eigenvalue weighted by molar-refractivity contribution is 6.30. The molecule has 0 aliphatic carbocycles. The van der Waals surface area contributed by atoms with Gasteiger partial charge in [-0.2, -0.15) is 0 Å². The molecule has 0 saturated carbocycles. The average Bonchev–Trinajstić information content (AvgIpc) is 3.53. The van der Waals surface area contributed by atoms with Crippen molar-refractivity contribution in [2.75, 3.05) is 41.7 Å². The monoisotopic (exact) mass is 734 g/mol. The minimum Gasteiger partial charge on any atom is -0.489 e. The van der Waals surface area contributed by atoms with Gasteiger partial charge in [-0.1, -0.05) is 23.7 Å². The van der Waals surface area contributed by atoms with Crippen LogP contribution in [-0.4, -0.2) is 83.4 Å². The van der Waals surface area contributed by atoms with E-state index in [1.807, 2.05) is 53.7 Å². The standard InChI is InChI=1S/C38H47ClN6O7/c1-37(2,3)51-35(48)41-25-15-18-45(23-25)26-12-13-29(31(21-26)50-27-16-19-44(20-17-27)36(49)52-38(4,5)6)34(47)42-30-10-8-7-9-28(30)33(46)43-32-14-11-24(39)22-40-32/h7-14,21-22,25,27H,15-20,23H2,1-6H3,(H,41,48)(H,42,47)(H,40,43,46). The van der Waals surface area contributed by atoms with Crippen LogP contribution in [0.15, 0.2) is 60.8 Å². The summed E-state index contributed by atoms with van der Waals surface area (Å²) in [6, 6.07) is 15.1. The minimum atomic E-state index is -0.605. The van der Waals surface area contributed by atoms with E-state index in [1.54, 1.807) is 47.4 Å². The van der Waals surface area contributed by atoms with Crippen LogP contribution in [0.4, 0.5) is 26.8 Å². The van der Waals surface area contributed by atoms with Crippen LogP contribution in [0, 0.1) is 0 Å². The zero-order chi connectivity index (χ0) is 37.6. The highest BCUT2D eigenvalue weighted by Crippen LogP contribution is 2.32. The van der Waals surface area contributed by atoms with Gasteiger partial charge in [0.15, 0.2) is 0 Å². The summed E-state index contributed by atoms with van der Waals surface area (Å²) in [5.41, 5.74) is 0.427. The molecule has 2 aliphatic heterocycles. The molecule has 278 valence electrons. The molecule has 5 rings (SSSR count). The van der Waals surface area contributed by atoms with Crippen molar-refractivity contribution in [3.05, 3.63) is 76.9 Å². The first kappa shape index (κ1) is 38.2. The Morgan fingerprint density at radius 2 is 1.50 bits per heavy atom. The van der Waals surface area contributed by atoms with E-state index in [-0.39, 0.29) is 29.4 Å². The number of carbonyl (C=O) groups excluding carboxylic acids is 4. The summed E-state index contributed by atoms with van der Waals surface area (Å²) < 4.78 is 17.5. The number of nitrogens with one attached hydrogen (secondary N) is 3. The van der Waals surface area contributed by atoms with Crippen molar-refractivity contribution in [2.45, 2.75) is 84.2 Å². The molecule has 2 saturated heterocycles. The fraction of sp³-hybridized carbons (Fsp3) is 0.447. The lowest BCUT2D eigenvalue weighted by Crippen LogP contribution is -2.44. The lowest BCUT2D eigenvalue weighted by Gasteiger charge is -2.34. The normalized spacial score (nSPS) is 16.6. The van der Waals surface area contributed by atoms with Gasteiger partial charge in [0.2, 0.25) is 0 Å². The lowest BCUT2D eigenvalue weighted by molar-refractivity contribution is 0.0126. The van der Waals surface area contributed by atoms with Crippen LogP contribution in [0.3, 0.4) is 0 Å². The van der Waals surface area contributed by atoms with Crippen molar-refractivity contribution in [3.63, 3.8) is 0 Å². The van der Waals surface area contributed by atoms with E-state index in [4.69, 9.17) is 25.8 Å². The highest BCUT2D eigenvalue weighted by atomic mass is 35.5. The predicted molar refractivity (Wildman–Crippen MR) is 199 cm³/mol. The largest absolute Gasteiger partial charge is 0.489 e. The molecule has 2 fully saturated rings. The molecule has 3 aromatic rings. The molecular weight excluding hydrogens is 688 g/mol. The molecule has 2 aromatic carbocycles. The first-order chi connectivity index (χ1) is 24.5. The topological polar surface area (TPSA) is 151 Å². The lowest BCUT2D eigenvalue weighted by atomic mass is 10.1. The molecule has 2 aliphatic rings. The number of benzene rings is 2. The molecule has 1 aromatic heterocycles. The van der Waals surface area contributed by atoms with Gasteiger partial charge in [-0.25, -0.2) is 14.6 Å². The predicted octanol–water partition coefficient (Wildman–Crippen LogP) is 7.12. The summed E-state index contributed by atoms with van der Waals surface area (Å²) >= 11 is 5.93. The Morgan fingerprint density at radius 3 is 2.17 bits per heavy atom. The number of para-hydroxylation sites is 1. The number of aromatic nitrogens is 1. The van der Waals surface area contributed by atoms with Gasteiger partial charge < -0.3 is 40.0 Å². The molecule has 0 radical (unpaired) electrons. The smallest absolute Gasteiger partial charge is 0.410 e. The molecule has 0 bridgehead atoms.